The molecular weight excluding hydrogens is 216 g/mol. The largest absolute Gasteiger partial charge is 0.396 e. The molecule has 0 radical (unpaired) electrons. The summed E-state index contributed by atoms with van der Waals surface area (Å²) in [5.74, 6) is 0.535. The molecule has 4 nitrogen and oxygen atoms in total. The highest BCUT2D eigenvalue weighted by atomic mass is 16.3. The van der Waals surface area contributed by atoms with Crippen LogP contribution >= 0.6 is 0 Å². The first-order chi connectivity index (χ1) is 8.28. The first-order valence-electron chi connectivity index (χ1n) is 6.90. The van der Waals surface area contributed by atoms with Gasteiger partial charge < -0.3 is 10.4 Å². The minimum absolute atomic E-state index is 0.162. The number of nitrogens with zero attached hydrogens (tertiary/aromatic N) is 1. The molecule has 2 aliphatic rings. The lowest BCUT2D eigenvalue weighted by molar-refractivity contribution is -0.123. The number of rotatable bonds is 4. The van der Waals surface area contributed by atoms with Crippen LogP contribution in [0.15, 0.2) is 0 Å². The Morgan fingerprint density at radius 1 is 1.24 bits per heavy atom. The molecule has 1 aliphatic carbocycles. The Morgan fingerprint density at radius 3 is 2.65 bits per heavy atom. The number of likely N-dealkylation sites (tertiary alicyclic amines) is 1. The molecule has 2 N–H and O–H groups in total. The Hall–Kier alpha value is -0.610. The standard InChI is InChI=1S/C13H24N2O2/c16-10-11-6-7-15(8-11)9-13(17)14-12-4-2-1-3-5-12/h11-12,16H,1-10H2,(H,14,17)/t11-/m1/s1. The fourth-order valence-electron chi connectivity index (χ4n) is 2.93. The van der Waals surface area contributed by atoms with Crippen molar-refractivity contribution in [3.63, 3.8) is 0 Å². The van der Waals surface area contributed by atoms with Crippen LogP contribution in [0.25, 0.3) is 0 Å². The lowest BCUT2D eigenvalue weighted by Gasteiger charge is -2.24. The predicted octanol–water partition coefficient (Wildman–Crippen LogP) is 0.749. The first-order valence-corrected chi connectivity index (χ1v) is 6.90. The topological polar surface area (TPSA) is 52.6 Å². The van der Waals surface area contributed by atoms with Crippen LogP contribution in [0.4, 0.5) is 0 Å². The fourth-order valence-corrected chi connectivity index (χ4v) is 2.93. The maximum atomic E-state index is 11.8. The van der Waals surface area contributed by atoms with Gasteiger partial charge in [-0.2, -0.15) is 0 Å². The van der Waals surface area contributed by atoms with Gasteiger partial charge in [-0.15, -0.1) is 0 Å². The van der Waals surface area contributed by atoms with E-state index >= 15 is 0 Å². The van der Waals surface area contributed by atoms with Crippen molar-refractivity contribution in [1.29, 1.82) is 0 Å². The van der Waals surface area contributed by atoms with Crippen LogP contribution in [0, 0.1) is 5.92 Å². The van der Waals surface area contributed by atoms with Crippen molar-refractivity contribution in [2.45, 2.75) is 44.6 Å². The van der Waals surface area contributed by atoms with Gasteiger partial charge in [0.1, 0.15) is 0 Å². The summed E-state index contributed by atoms with van der Waals surface area (Å²) in [6.45, 7) is 2.58. The molecule has 1 heterocycles. The summed E-state index contributed by atoms with van der Waals surface area (Å²) in [4.78, 5) is 14.0. The number of hydrogen-bond donors (Lipinski definition) is 2. The van der Waals surface area contributed by atoms with E-state index in [1.54, 1.807) is 0 Å². The van der Waals surface area contributed by atoms with E-state index in [0.29, 0.717) is 18.5 Å². The van der Waals surface area contributed by atoms with Crippen LogP contribution in [0.5, 0.6) is 0 Å². The second-order valence-electron chi connectivity index (χ2n) is 5.47. The molecule has 1 amide bonds. The van der Waals surface area contributed by atoms with E-state index < -0.39 is 0 Å². The number of amides is 1. The highest BCUT2D eigenvalue weighted by Gasteiger charge is 2.24. The minimum Gasteiger partial charge on any atom is -0.396 e. The molecule has 98 valence electrons. The van der Waals surface area contributed by atoms with Crippen LogP contribution in [0.3, 0.4) is 0 Å². The molecule has 17 heavy (non-hydrogen) atoms. The molecule has 4 heteroatoms. The van der Waals surface area contributed by atoms with Crippen molar-refractivity contribution in [2.24, 2.45) is 5.92 Å². The van der Waals surface area contributed by atoms with Gasteiger partial charge in [0.2, 0.25) is 5.91 Å². The third-order valence-electron chi connectivity index (χ3n) is 3.97. The molecule has 0 spiro atoms. The lowest BCUT2D eigenvalue weighted by Crippen LogP contribution is -2.42. The van der Waals surface area contributed by atoms with Gasteiger partial charge in [-0.3, -0.25) is 9.69 Å². The SMILES string of the molecule is O=C(CN1CC[C@@H](CO)C1)NC1CCCCC1. The van der Waals surface area contributed by atoms with E-state index in [9.17, 15) is 4.79 Å². The molecule has 1 saturated carbocycles. The smallest absolute Gasteiger partial charge is 0.234 e. The number of aliphatic hydroxyl groups is 1. The van der Waals surface area contributed by atoms with Gasteiger partial charge in [0.15, 0.2) is 0 Å². The third kappa shape index (κ3) is 3.96. The zero-order valence-electron chi connectivity index (χ0n) is 10.5. The monoisotopic (exact) mass is 240 g/mol. The minimum atomic E-state index is 0.162. The summed E-state index contributed by atoms with van der Waals surface area (Å²) in [6, 6.07) is 0.410. The van der Waals surface area contributed by atoms with Crippen molar-refractivity contribution < 1.29 is 9.90 Å². The summed E-state index contributed by atoms with van der Waals surface area (Å²) >= 11 is 0. The number of carbonyl (C=O) groups excluding carboxylic acids is 1. The second kappa shape index (κ2) is 6.36. The zero-order valence-corrected chi connectivity index (χ0v) is 10.5. The maximum absolute atomic E-state index is 11.8. The Bertz CT molecular complexity index is 252. The maximum Gasteiger partial charge on any atom is 0.234 e. The molecule has 0 unspecified atom stereocenters. The molecule has 0 bridgehead atoms. The number of aliphatic hydroxyl groups excluding tert-OH is 1. The molecule has 0 aromatic rings. The van der Waals surface area contributed by atoms with Crippen molar-refractivity contribution in [1.82, 2.24) is 10.2 Å². The van der Waals surface area contributed by atoms with Crippen LogP contribution in [0.1, 0.15) is 38.5 Å². The van der Waals surface area contributed by atoms with E-state index in [0.717, 1.165) is 32.4 Å². The van der Waals surface area contributed by atoms with Crippen molar-refractivity contribution in [2.75, 3.05) is 26.2 Å². The van der Waals surface area contributed by atoms with E-state index in [2.05, 4.69) is 10.2 Å². The second-order valence-corrected chi connectivity index (χ2v) is 5.47. The Balaban J connectivity index is 1.66. The number of carbonyl (C=O) groups is 1. The molecule has 0 aromatic heterocycles. The summed E-state index contributed by atoms with van der Waals surface area (Å²) in [5.41, 5.74) is 0. The summed E-state index contributed by atoms with van der Waals surface area (Å²) < 4.78 is 0. The quantitative estimate of drug-likeness (QED) is 0.762. The molecule has 2 fully saturated rings. The molecule has 1 aliphatic heterocycles. The van der Waals surface area contributed by atoms with Crippen LogP contribution in [-0.2, 0) is 4.79 Å². The number of hydrogen-bond acceptors (Lipinski definition) is 3. The van der Waals surface area contributed by atoms with Gasteiger partial charge in [-0.25, -0.2) is 0 Å². The highest BCUT2D eigenvalue weighted by Crippen LogP contribution is 2.18. The van der Waals surface area contributed by atoms with Gasteiger partial charge in [0.05, 0.1) is 6.54 Å². The first kappa shape index (κ1) is 12.8. The van der Waals surface area contributed by atoms with Gasteiger partial charge in [0.25, 0.3) is 0 Å². The molecule has 1 saturated heterocycles. The molecular formula is C13H24N2O2. The van der Waals surface area contributed by atoms with Crippen LogP contribution in [-0.4, -0.2) is 48.2 Å². The lowest BCUT2D eigenvalue weighted by atomic mass is 9.95. The molecule has 2 rings (SSSR count). The van der Waals surface area contributed by atoms with Gasteiger partial charge in [-0.1, -0.05) is 19.3 Å². The fraction of sp³-hybridized carbons (Fsp3) is 0.923. The van der Waals surface area contributed by atoms with E-state index in [4.69, 9.17) is 5.11 Å². The zero-order chi connectivity index (χ0) is 12.1. The van der Waals surface area contributed by atoms with E-state index in [-0.39, 0.29) is 12.5 Å². The average molecular weight is 240 g/mol. The van der Waals surface area contributed by atoms with E-state index in [1.165, 1.54) is 19.3 Å². The van der Waals surface area contributed by atoms with Gasteiger partial charge >= 0.3 is 0 Å². The summed E-state index contributed by atoms with van der Waals surface area (Å²) in [6.07, 6.45) is 7.13. The van der Waals surface area contributed by atoms with Crippen molar-refractivity contribution >= 4 is 5.91 Å². The van der Waals surface area contributed by atoms with Crippen LogP contribution < -0.4 is 5.32 Å². The average Bonchev–Trinajstić information content (AvgIpc) is 2.78. The summed E-state index contributed by atoms with van der Waals surface area (Å²) in [7, 11) is 0. The van der Waals surface area contributed by atoms with Crippen molar-refractivity contribution in [3.05, 3.63) is 0 Å². The summed E-state index contributed by atoms with van der Waals surface area (Å²) in [5, 5.41) is 12.2. The molecule has 0 aromatic carbocycles. The van der Waals surface area contributed by atoms with Gasteiger partial charge in [0, 0.05) is 19.2 Å². The van der Waals surface area contributed by atoms with Crippen molar-refractivity contribution in [3.8, 4) is 0 Å². The van der Waals surface area contributed by atoms with E-state index in [1.807, 2.05) is 0 Å². The number of nitrogens with one attached hydrogen (secondary N) is 1. The van der Waals surface area contributed by atoms with Gasteiger partial charge in [-0.05, 0) is 31.7 Å². The normalized spacial score (nSPS) is 27.2. The molecule has 1 atom stereocenters. The van der Waals surface area contributed by atoms with Crippen LogP contribution in [0.2, 0.25) is 0 Å². The highest BCUT2D eigenvalue weighted by molar-refractivity contribution is 5.78. The Kier molecular flexibility index (Phi) is 4.80. The predicted molar refractivity (Wildman–Crippen MR) is 66.6 cm³/mol. The third-order valence-corrected chi connectivity index (χ3v) is 3.97. The Labute approximate surface area is 103 Å². The Morgan fingerprint density at radius 2 is 2.00 bits per heavy atom.